The Labute approximate surface area is 136 Å². The monoisotopic (exact) mass is 316 g/mol. The van der Waals surface area contributed by atoms with Crippen LogP contribution in [0.3, 0.4) is 0 Å². The predicted molar refractivity (Wildman–Crippen MR) is 91.0 cm³/mol. The first-order chi connectivity index (χ1) is 10.5. The maximum Gasteiger partial charge on any atom is 0.142 e. The summed E-state index contributed by atoms with van der Waals surface area (Å²) < 4.78 is 0. The molecule has 2 aromatic rings. The average molecular weight is 316 g/mol. The van der Waals surface area contributed by atoms with Crippen LogP contribution in [0.15, 0.2) is 11.4 Å². The van der Waals surface area contributed by atoms with Crippen LogP contribution in [0.25, 0.3) is 10.7 Å². The first kappa shape index (κ1) is 15.6. The van der Waals surface area contributed by atoms with Gasteiger partial charge in [-0.25, -0.2) is 15.0 Å². The Kier molecular flexibility index (Phi) is 4.54. The van der Waals surface area contributed by atoms with E-state index in [1.165, 1.54) is 19.3 Å². The van der Waals surface area contributed by atoms with E-state index in [0.717, 1.165) is 34.5 Å². The van der Waals surface area contributed by atoms with Crippen LogP contribution in [0.5, 0.6) is 0 Å². The Bertz CT molecular complexity index is 650. The summed E-state index contributed by atoms with van der Waals surface area (Å²) in [6.45, 7) is 9.72. The molecule has 4 nitrogen and oxygen atoms in total. The van der Waals surface area contributed by atoms with Gasteiger partial charge in [0.15, 0.2) is 0 Å². The third kappa shape index (κ3) is 3.20. The molecule has 22 heavy (non-hydrogen) atoms. The summed E-state index contributed by atoms with van der Waals surface area (Å²) in [6, 6.07) is 3.11. The van der Waals surface area contributed by atoms with E-state index in [2.05, 4.69) is 40.2 Å². The molecule has 0 bridgehead atoms. The topological polar surface area (TPSA) is 41.9 Å². The van der Waals surface area contributed by atoms with Crippen LogP contribution in [-0.4, -0.2) is 32.4 Å². The van der Waals surface area contributed by atoms with Gasteiger partial charge in [-0.1, -0.05) is 6.42 Å². The minimum Gasteiger partial charge on any atom is -0.292 e. The fraction of sp³-hybridized carbons (Fsp3) is 0.588. The number of piperidine rings is 1. The fourth-order valence-electron chi connectivity index (χ4n) is 3.23. The number of hydrogen-bond acceptors (Lipinski definition) is 5. The van der Waals surface area contributed by atoms with Gasteiger partial charge in [-0.2, -0.15) is 0 Å². The fourth-order valence-corrected chi connectivity index (χ4v) is 3.99. The number of likely N-dealkylation sites (tertiary alicyclic amines) is 1. The first-order valence-electron chi connectivity index (χ1n) is 8.08. The molecule has 0 amide bonds. The van der Waals surface area contributed by atoms with Crippen molar-refractivity contribution < 1.29 is 0 Å². The van der Waals surface area contributed by atoms with E-state index in [-0.39, 0.29) is 0 Å². The molecule has 0 saturated carbocycles. The lowest BCUT2D eigenvalue weighted by molar-refractivity contribution is 0.109. The van der Waals surface area contributed by atoms with E-state index in [4.69, 9.17) is 4.98 Å². The van der Waals surface area contributed by atoms with Gasteiger partial charge in [0.05, 0.1) is 11.7 Å². The molecule has 0 spiro atoms. The van der Waals surface area contributed by atoms with Crippen LogP contribution < -0.4 is 0 Å². The number of nitrogens with zero attached hydrogens (tertiary/aromatic N) is 4. The zero-order valence-electron chi connectivity index (χ0n) is 13.8. The van der Waals surface area contributed by atoms with Crippen molar-refractivity contribution in [2.24, 2.45) is 0 Å². The third-order valence-corrected chi connectivity index (χ3v) is 5.23. The van der Waals surface area contributed by atoms with Crippen LogP contribution >= 0.6 is 11.3 Å². The van der Waals surface area contributed by atoms with Crippen molar-refractivity contribution in [2.75, 3.05) is 6.54 Å². The maximum atomic E-state index is 4.75. The van der Waals surface area contributed by atoms with Crippen molar-refractivity contribution in [3.05, 3.63) is 28.7 Å². The summed E-state index contributed by atoms with van der Waals surface area (Å²) in [5, 5.41) is 3.07. The molecule has 3 rings (SSSR count). The summed E-state index contributed by atoms with van der Waals surface area (Å²) in [5.41, 5.74) is 3.18. The zero-order chi connectivity index (χ0) is 15.7. The van der Waals surface area contributed by atoms with Gasteiger partial charge in [0.25, 0.3) is 0 Å². The van der Waals surface area contributed by atoms with E-state index in [1.54, 1.807) is 11.3 Å². The minimum atomic E-state index is 0.412. The maximum absolute atomic E-state index is 4.75. The Morgan fingerprint density at radius 2 is 2.00 bits per heavy atom. The lowest BCUT2D eigenvalue weighted by Gasteiger charge is -2.38. The summed E-state index contributed by atoms with van der Waals surface area (Å²) in [6.07, 6.45) is 3.75. The molecule has 0 aliphatic carbocycles. The quantitative estimate of drug-likeness (QED) is 0.853. The highest BCUT2D eigenvalue weighted by Crippen LogP contribution is 2.33. The van der Waals surface area contributed by atoms with E-state index >= 15 is 0 Å². The largest absolute Gasteiger partial charge is 0.292 e. The average Bonchev–Trinajstić information content (AvgIpc) is 2.93. The lowest BCUT2D eigenvalue weighted by atomic mass is 9.97. The smallest absolute Gasteiger partial charge is 0.142 e. The summed E-state index contributed by atoms with van der Waals surface area (Å²) in [5.74, 6) is 0.842. The SMILES string of the molecule is Cc1csc(-c2cc([C@H]3CCCCN3C(C)C)nc(C)n2)n1. The molecule has 0 radical (unpaired) electrons. The Balaban J connectivity index is 1.98. The highest BCUT2D eigenvalue weighted by Gasteiger charge is 2.27. The van der Waals surface area contributed by atoms with Gasteiger partial charge in [0, 0.05) is 17.1 Å². The minimum absolute atomic E-state index is 0.412. The second-order valence-corrected chi connectivity index (χ2v) is 7.22. The molecule has 3 heterocycles. The van der Waals surface area contributed by atoms with Gasteiger partial charge in [-0.3, -0.25) is 4.90 Å². The van der Waals surface area contributed by atoms with E-state index in [0.29, 0.717) is 12.1 Å². The van der Waals surface area contributed by atoms with Crippen LogP contribution in [0, 0.1) is 13.8 Å². The molecule has 0 N–H and O–H groups in total. The van der Waals surface area contributed by atoms with Crippen LogP contribution in [-0.2, 0) is 0 Å². The van der Waals surface area contributed by atoms with E-state index in [1.807, 2.05) is 13.8 Å². The molecular formula is C17H24N4S. The molecule has 0 aromatic carbocycles. The van der Waals surface area contributed by atoms with Gasteiger partial charge < -0.3 is 0 Å². The predicted octanol–water partition coefficient (Wildman–Crippen LogP) is 4.15. The number of thiazole rings is 1. The van der Waals surface area contributed by atoms with Gasteiger partial charge >= 0.3 is 0 Å². The van der Waals surface area contributed by atoms with Gasteiger partial charge in [-0.15, -0.1) is 11.3 Å². The second kappa shape index (κ2) is 6.42. The molecule has 5 heteroatoms. The van der Waals surface area contributed by atoms with Crippen molar-refractivity contribution in [3.63, 3.8) is 0 Å². The number of rotatable bonds is 3. The standard InChI is InChI=1S/C17H24N4S/c1-11(2)21-8-6-5-7-16(21)14-9-15(20-13(4)19-14)17-18-12(3)10-22-17/h9-11,16H,5-8H2,1-4H3/t16-/m1/s1. The Morgan fingerprint density at radius 3 is 2.68 bits per heavy atom. The van der Waals surface area contributed by atoms with Crippen molar-refractivity contribution in [1.29, 1.82) is 0 Å². The van der Waals surface area contributed by atoms with Gasteiger partial charge in [0.2, 0.25) is 0 Å². The molecule has 1 aliphatic rings. The first-order valence-corrected chi connectivity index (χ1v) is 8.96. The summed E-state index contributed by atoms with van der Waals surface area (Å²) >= 11 is 1.66. The Morgan fingerprint density at radius 1 is 1.18 bits per heavy atom. The molecule has 1 aliphatic heterocycles. The molecular weight excluding hydrogens is 292 g/mol. The third-order valence-electron chi connectivity index (χ3n) is 4.24. The van der Waals surface area contributed by atoms with Crippen LogP contribution in [0.2, 0.25) is 0 Å². The lowest BCUT2D eigenvalue weighted by Crippen LogP contribution is -2.39. The van der Waals surface area contributed by atoms with Crippen molar-refractivity contribution in [3.8, 4) is 10.7 Å². The molecule has 2 aromatic heterocycles. The summed E-state index contributed by atoms with van der Waals surface area (Å²) in [7, 11) is 0. The van der Waals surface area contributed by atoms with Gasteiger partial charge in [-0.05, 0) is 53.1 Å². The number of aryl methyl sites for hydroxylation is 2. The van der Waals surface area contributed by atoms with Crippen molar-refractivity contribution >= 4 is 11.3 Å². The van der Waals surface area contributed by atoms with Crippen LogP contribution in [0.4, 0.5) is 0 Å². The highest BCUT2D eigenvalue weighted by molar-refractivity contribution is 7.13. The molecule has 118 valence electrons. The van der Waals surface area contributed by atoms with E-state index < -0.39 is 0 Å². The summed E-state index contributed by atoms with van der Waals surface area (Å²) in [4.78, 5) is 16.5. The highest BCUT2D eigenvalue weighted by atomic mass is 32.1. The van der Waals surface area contributed by atoms with Crippen molar-refractivity contribution in [1.82, 2.24) is 19.9 Å². The van der Waals surface area contributed by atoms with E-state index in [9.17, 15) is 0 Å². The zero-order valence-corrected chi connectivity index (χ0v) is 14.7. The molecule has 1 atom stereocenters. The van der Waals surface area contributed by atoms with Crippen molar-refractivity contribution in [2.45, 2.75) is 59.0 Å². The second-order valence-electron chi connectivity index (χ2n) is 6.36. The van der Waals surface area contributed by atoms with Crippen LogP contribution in [0.1, 0.15) is 56.4 Å². The molecule has 0 unspecified atom stereocenters. The number of aromatic nitrogens is 3. The Hall–Kier alpha value is -1.33. The molecule has 1 fully saturated rings. The normalized spacial score (nSPS) is 19.8. The van der Waals surface area contributed by atoms with Gasteiger partial charge in [0.1, 0.15) is 16.5 Å². The molecule has 1 saturated heterocycles. The number of hydrogen-bond donors (Lipinski definition) is 0.